The Morgan fingerprint density at radius 2 is 2.31 bits per heavy atom. The highest BCUT2D eigenvalue weighted by Crippen LogP contribution is 2.18. The van der Waals surface area contributed by atoms with Crippen LogP contribution in [-0.4, -0.2) is 26.2 Å². The highest BCUT2D eigenvalue weighted by Gasteiger charge is 2.13. The monoisotopic (exact) mass is 227 g/mol. The van der Waals surface area contributed by atoms with Gasteiger partial charge in [0, 0.05) is 13.7 Å². The molecule has 0 bridgehead atoms. The SMILES string of the molecule is COCCNC(=O)c1cccc(F)c1NN. The van der Waals surface area contributed by atoms with Gasteiger partial charge in [0.25, 0.3) is 5.91 Å². The highest BCUT2D eigenvalue weighted by atomic mass is 19.1. The molecule has 1 aromatic rings. The lowest BCUT2D eigenvalue weighted by molar-refractivity contribution is 0.0937. The predicted octanol–water partition coefficient (Wildman–Crippen LogP) is 0.487. The van der Waals surface area contributed by atoms with Gasteiger partial charge < -0.3 is 15.5 Å². The summed E-state index contributed by atoms with van der Waals surface area (Å²) in [5, 5.41) is 2.58. The summed E-state index contributed by atoms with van der Waals surface area (Å²) in [7, 11) is 1.53. The minimum absolute atomic E-state index is 0.0163. The van der Waals surface area contributed by atoms with E-state index in [1.807, 2.05) is 0 Å². The molecule has 0 aliphatic heterocycles. The largest absolute Gasteiger partial charge is 0.383 e. The molecule has 0 fully saturated rings. The number of para-hydroxylation sites is 1. The van der Waals surface area contributed by atoms with Crippen LogP contribution >= 0.6 is 0 Å². The van der Waals surface area contributed by atoms with Crippen LogP contribution in [0.2, 0.25) is 0 Å². The van der Waals surface area contributed by atoms with E-state index in [2.05, 4.69) is 10.7 Å². The maximum absolute atomic E-state index is 13.3. The fourth-order valence-corrected chi connectivity index (χ4v) is 1.22. The van der Waals surface area contributed by atoms with Crippen molar-refractivity contribution in [3.8, 4) is 0 Å². The van der Waals surface area contributed by atoms with Crippen molar-refractivity contribution in [3.63, 3.8) is 0 Å². The summed E-state index contributed by atoms with van der Waals surface area (Å²) in [6, 6.07) is 4.16. The highest BCUT2D eigenvalue weighted by molar-refractivity contribution is 5.99. The van der Waals surface area contributed by atoms with Gasteiger partial charge in [-0.15, -0.1) is 0 Å². The smallest absolute Gasteiger partial charge is 0.253 e. The molecule has 0 saturated heterocycles. The van der Waals surface area contributed by atoms with E-state index < -0.39 is 11.7 Å². The van der Waals surface area contributed by atoms with Crippen molar-refractivity contribution in [2.45, 2.75) is 0 Å². The average molecular weight is 227 g/mol. The molecule has 6 heteroatoms. The Morgan fingerprint density at radius 3 is 2.94 bits per heavy atom. The van der Waals surface area contributed by atoms with E-state index in [0.717, 1.165) is 0 Å². The van der Waals surface area contributed by atoms with Crippen LogP contribution in [0.15, 0.2) is 18.2 Å². The lowest BCUT2D eigenvalue weighted by Gasteiger charge is -2.09. The number of nitrogens with one attached hydrogen (secondary N) is 2. The van der Waals surface area contributed by atoms with E-state index in [4.69, 9.17) is 10.6 Å². The van der Waals surface area contributed by atoms with Crippen LogP contribution in [0, 0.1) is 5.82 Å². The van der Waals surface area contributed by atoms with Gasteiger partial charge in [0.1, 0.15) is 5.82 Å². The minimum atomic E-state index is -0.568. The Morgan fingerprint density at radius 1 is 1.56 bits per heavy atom. The number of hydrazine groups is 1. The van der Waals surface area contributed by atoms with Crippen molar-refractivity contribution in [3.05, 3.63) is 29.6 Å². The molecule has 5 nitrogen and oxygen atoms in total. The van der Waals surface area contributed by atoms with E-state index in [1.54, 1.807) is 0 Å². The fourth-order valence-electron chi connectivity index (χ4n) is 1.22. The topological polar surface area (TPSA) is 76.4 Å². The summed E-state index contributed by atoms with van der Waals surface area (Å²) in [4.78, 5) is 11.6. The Balaban J connectivity index is 2.78. The van der Waals surface area contributed by atoms with Gasteiger partial charge >= 0.3 is 0 Å². The van der Waals surface area contributed by atoms with Gasteiger partial charge in [-0.3, -0.25) is 10.6 Å². The van der Waals surface area contributed by atoms with Gasteiger partial charge in [-0.05, 0) is 12.1 Å². The summed E-state index contributed by atoms with van der Waals surface area (Å²) in [6.07, 6.45) is 0. The van der Waals surface area contributed by atoms with Crippen LogP contribution in [0.25, 0.3) is 0 Å². The quantitative estimate of drug-likeness (QED) is 0.388. The molecule has 0 heterocycles. The second-order valence-electron chi connectivity index (χ2n) is 3.06. The number of nitrogens with two attached hydrogens (primary N) is 1. The normalized spacial score (nSPS) is 9.94. The van der Waals surface area contributed by atoms with Gasteiger partial charge in [0.15, 0.2) is 0 Å². The van der Waals surface area contributed by atoms with Crippen LogP contribution in [0.4, 0.5) is 10.1 Å². The summed E-state index contributed by atoms with van der Waals surface area (Å²) < 4.78 is 18.0. The molecule has 0 saturated carbocycles. The number of anilines is 1. The Bertz CT molecular complexity index is 371. The summed E-state index contributed by atoms with van der Waals surface area (Å²) in [5.74, 6) is 4.18. The third kappa shape index (κ3) is 2.91. The first-order valence-corrected chi connectivity index (χ1v) is 4.73. The second kappa shape index (κ2) is 6.04. The fraction of sp³-hybridized carbons (Fsp3) is 0.300. The van der Waals surface area contributed by atoms with Gasteiger partial charge in [0.05, 0.1) is 17.9 Å². The number of rotatable bonds is 5. The Labute approximate surface area is 92.7 Å². The van der Waals surface area contributed by atoms with E-state index in [0.29, 0.717) is 13.2 Å². The number of methoxy groups -OCH3 is 1. The van der Waals surface area contributed by atoms with E-state index in [9.17, 15) is 9.18 Å². The molecule has 1 aromatic carbocycles. The number of amides is 1. The minimum Gasteiger partial charge on any atom is -0.383 e. The van der Waals surface area contributed by atoms with E-state index in [1.165, 1.54) is 25.3 Å². The molecule has 1 amide bonds. The average Bonchev–Trinajstić information content (AvgIpc) is 2.29. The zero-order valence-corrected chi connectivity index (χ0v) is 8.92. The van der Waals surface area contributed by atoms with Gasteiger partial charge in [-0.1, -0.05) is 6.07 Å². The van der Waals surface area contributed by atoms with Crippen molar-refractivity contribution in [2.75, 3.05) is 25.7 Å². The van der Waals surface area contributed by atoms with Crippen molar-refractivity contribution in [1.82, 2.24) is 5.32 Å². The number of carbonyl (C=O) groups excluding carboxylic acids is 1. The van der Waals surface area contributed by atoms with Crippen molar-refractivity contribution >= 4 is 11.6 Å². The molecule has 16 heavy (non-hydrogen) atoms. The molecule has 4 N–H and O–H groups in total. The predicted molar refractivity (Wildman–Crippen MR) is 58.4 cm³/mol. The Hall–Kier alpha value is -1.66. The molecule has 0 aliphatic rings. The standard InChI is InChI=1S/C10H14FN3O2/c1-16-6-5-13-10(15)7-3-2-4-8(11)9(7)14-12/h2-4,14H,5-6,12H2,1H3,(H,13,15). The summed E-state index contributed by atoms with van der Waals surface area (Å²) >= 11 is 0. The van der Waals surface area contributed by atoms with Gasteiger partial charge in [0.2, 0.25) is 0 Å². The molecule has 0 atom stereocenters. The number of hydrogen-bond donors (Lipinski definition) is 3. The van der Waals surface area contributed by atoms with E-state index in [-0.39, 0.29) is 11.3 Å². The van der Waals surface area contributed by atoms with Crippen LogP contribution in [0.5, 0.6) is 0 Å². The van der Waals surface area contributed by atoms with Crippen LogP contribution in [0.1, 0.15) is 10.4 Å². The van der Waals surface area contributed by atoms with Crippen molar-refractivity contribution in [2.24, 2.45) is 5.84 Å². The second-order valence-corrected chi connectivity index (χ2v) is 3.06. The van der Waals surface area contributed by atoms with Crippen LogP contribution in [0.3, 0.4) is 0 Å². The van der Waals surface area contributed by atoms with Gasteiger partial charge in [-0.2, -0.15) is 0 Å². The van der Waals surface area contributed by atoms with Crippen LogP contribution in [-0.2, 0) is 4.74 Å². The third-order valence-corrected chi connectivity index (χ3v) is 1.99. The molecule has 88 valence electrons. The first-order chi connectivity index (χ1) is 7.70. The maximum atomic E-state index is 13.3. The molecule has 1 rings (SSSR count). The van der Waals surface area contributed by atoms with E-state index >= 15 is 0 Å². The number of hydrogen-bond acceptors (Lipinski definition) is 4. The molecule has 0 unspecified atom stereocenters. The first-order valence-electron chi connectivity index (χ1n) is 4.73. The zero-order chi connectivity index (χ0) is 12.0. The maximum Gasteiger partial charge on any atom is 0.253 e. The van der Waals surface area contributed by atoms with Crippen molar-refractivity contribution in [1.29, 1.82) is 0 Å². The number of benzene rings is 1. The van der Waals surface area contributed by atoms with Gasteiger partial charge in [-0.25, -0.2) is 4.39 Å². The molecular weight excluding hydrogens is 213 g/mol. The number of halogens is 1. The van der Waals surface area contributed by atoms with Crippen molar-refractivity contribution < 1.29 is 13.9 Å². The number of nitrogen functional groups attached to an aromatic ring is 1. The first kappa shape index (κ1) is 12.4. The van der Waals surface area contributed by atoms with Crippen LogP contribution < -0.4 is 16.6 Å². The summed E-state index contributed by atoms with van der Waals surface area (Å²) in [6.45, 7) is 0.752. The number of carbonyl (C=O) groups is 1. The summed E-state index contributed by atoms with van der Waals surface area (Å²) in [5.41, 5.74) is 2.32. The zero-order valence-electron chi connectivity index (χ0n) is 8.92. The molecular formula is C10H14FN3O2. The molecule has 0 aliphatic carbocycles. The molecule has 0 spiro atoms. The lowest BCUT2D eigenvalue weighted by Crippen LogP contribution is -2.28. The molecule has 0 aromatic heterocycles. The number of ether oxygens (including phenoxy) is 1. The lowest BCUT2D eigenvalue weighted by atomic mass is 10.1. The molecule has 0 radical (unpaired) electrons. The third-order valence-electron chi connectivity index (χ3n) is 1.99. The Kier molecular flexibility index (Phi) is 4.68.